The molecule has 0 aromatic carbocycles. The first-order valence-corrected chi connectivity index (χ1v) is 6.39. The normalized spacial score (nSPS) is 16.4. The van der Waals surface area contributed by atoms with Gasteiger partial charge in [0.15, 0.2) is 0 Å². The van der Waals surface area contributed by atoms with E-state index in [1.54, 1.807) is 0 Å². The van der Waals surface area contributed by atoms with Crippen molar-refractivity contribution in [3.63, 3.8) is 0 Å². The largest absolute Gasteiger partial charge is 0.462 e. The van der Waals surface area contributed by atoms with Gasteiger partial charge in [0, 0.05) is 0 Å². The number of carbonyl (C=O) groups excluding carboxylic acids is 1. The molecule has 32 heavy (non-hydrogen) atoms. The first-order valence-electron chi connectivity index (χ1n) is 6.39. The number of ether oxygens (including phenoxy) is 1. The summed E-state index contributed by atoms with van der Waals surface area (Å²) in [6.45, 7) is 0. The summed E-state index contributed by atoms with van der Waals surface area (Å²) in [7, 11) is 0. The topological polar surface area (TPSA) is 26.3 Å². The number of hydrogen-bond donors (Lipinski definition) is 0. The maximum absolute atomic E-state index is 13.1. The Bertz CT molecular complexity index is 716. The van der Waals surface area contributed by atoms with Gasteiger partial charge in [0.25, 0.3) is 0 Å². The van der Waals surface area contributed by atoms with Crippen molar-refractivity contribution in [2.75, 3.05) is 0 Å². The maximum atomic E-state index is 13.1. The van der Waals surface area contributed by atoms with Crippen LogP contribution in [0, 0.1) is 0 Å². The molecule has 0 atom stereocenters. The van der Waals surface area contributed by atoms with Crippen LogP contribution in [-0.2, 0) is 9.53 Å². The highest BCUT2D eigenvalue weighted by Crippen LogP contribution is 2.61. The molecule has 0 bridgehead atoms. The minimum absolute atomic E-state index is 0.935. The molecule has 0 spiro atoms. The van der Waals surface area contributed by atoms with Crippen molar-refractivity contribution >= 4 is 6.04 Å². The Balaban J connectivity index is 6.61. The molecule has 0 saturated carbocycles. The van der Waals surface area contributed by atoms with Crippen LogP contribution in [0.1, 0.15) is 0 Å². The molecular formula is C10F20O2. The predicted molar refractivity (Wildman–Crippen MR) is 52.8 cm³/mol. The highest BCUT2D eigenvalue weighted by atomic mass is 19.4. The summed E-state index contributed by atoms with van der Waals surface area (Å²) in [6.07, 6.45) is -24.0. The molecule has 0 unspecified atom stereocenters. The van der Waals surface area contributed by atoms with E-state index in [1.165, 1.54) is 0 Å². The molecule has 0 fully saturated rings. The number of alkyl halides is 19. The van der Waals surface area contributed by atoms with Gasteiger partial charge in [0.05, 0.1) is 0 Å². The maximum Gasteiger partial charge on any atom is 0.462 e. The summed E-state index contributed by atoms with van der Waals surface area (Å²) in [5, 5.41) is 0. The van der Waals surface area contributed by atoms with Crippen molar-refractivity contribution < 1.29 is 97.3 Å². The summed E-state index contributed by atoms with van der Waals surface area (Å²) >= 11 is 0. The second kappa shape index (κ2) is 7.37. The van der Waals surface area contributed by atoms with Crippen LogP contribution in [0.5, 0.6) is 0 Å². The molecule has 192 valence electrons. The van der Waals surface area contributed by atoms with Crippen LogP contribution in [0.4, 0.5) is 87.8 Å². The third-order valence-electron chi connectivity index (χ3n) is 3.17. The van der Waals surface area contributed by atoms with Gasteiger partial charge in [-0.1, -0.05) is 0 Å². The molecule has 0 amide bonds. The molecule has 0 heterocycles. The summed E-state index contributed by atoms with van der Waals surface area (Å²) in [5.74, 6) is -50.2. The molecule has 0 aliphatic carbocycles. The van der Waals surface area contributed by atoms with E-state index in [0.717, 1.165) is 4.74 Å². The zero-order valence-electron chi connectivity index (χ0n) is 13.4. The van der Waals surface area contributed by atoms with Gasteiger partial charge < -0.3 is 0 Å². The zero-order valence-corrected chi connectivity index (χ0v) is 13.4. The fourth-order valence-corrected chi connectivity index (χ4v) is 1.35. The first kappa shape index (κ1) is 30.2. The van der Waals surface area contributed by atoms with Crippen molar-refractivity contribution in [3.05, 3.63) is 0 Å². The van der Waals surface area contributed by atoms with Gasteiger partial charge in [-0.25, -0.2) is 4.74 Å². The Hall–Kier alpha value is -1.77. The van der Waals surface area contributed by atoms with E-state index in [2.05, 4.69) is 0 Å². The van der Waals surface area contributed by atoms with E-state index in [4.69, 9.17) is 0 Å². The number of carbonyl (C=O) groups is 1. The van der Waals surface area contributed by atoms with Crippen LogP contribution < -0.4 is 0 Å². The zero-order chi connectivity index (χ0) is 26.8. The van der Waals surface area contributed by atoms with Crippen molar-refractivity contribution in [3.8, 4) is 0 Å². The van der Waals surface area contributed by atoms with Crippen LogP contribution in [0.25, 0.3) is 0 Å². The Morgan fingerprint density at radius 2 is 0.719 bits per heavy atom. The second-order valence-electron chi connectivity index (χ2n) is 5.35. The molecule has 2 nitrogen and oxygen atoms in total. The van der Waals surface area contributed by atoms with Crippen molar-refractivity contribution in [2.45, 2.75) is 53.9 Å². The van der Waals surface area contributed by atoms with E-state index >= 15 is 0 Å². The first-order chi connectivity index (χ1) is 13.4. The van der Waals surface area contributed by atoms with Crippen molar-refractivity contribution in [1.29, 1.82) is 0 Å². The van der Waals surface area contributed by atoms with Gasteiger partial charge in [-0.3, -0.25) is 4.79 Å². The molecule has 0 aliphatic rings. The number of hydrogen-bond acceptors (Lipinski definition) is 2. The molecule has 0 aliphatic heterocycles. The van der Waals surface area contributed by atoms with E-state index in [0.29, 0.717) is 0 Å². The Morgan fingerprint density at radius 1 is 0.438 bits per heavy atom. The highest BCUT2D eigenvalue weighted by molar-refractivity contribution is 5.78. The molecular weight excluding hydrogens is 532 g/mol. The minimum Gasteiger partial charge on any atom is -0.254 e. The van der Waals surface area contributed by atoms with Gasteiger partial charge in [0.1, 0.15) is 0 Å². The lowest BCUT2D eigenvalue weighted by molar-refractivity contribution is -0.520. The second-order valence-corrected chi connectivity index (χ2v) is 5.35. The third kappa shape index (κ3) is 3.90. The molecule has 0 saturated heterocycles. The van der Waals surface area contributed by atoms with E-state index in [-0.39, 0.29) is 0 Å². The van der Waals surface area contributed by atoms with Crippen molar-refractivity contribution in [1.82, 2.24) is 0 Å². The summed E-state index contributed by atoms with van der Waals surface area (Å²) in [6, 6.07) is -4.93. The van der Waals surface area contributed by atoms with Gasteiger partial charge in [0.2, 0.25) is 0 Å². The van der Waals surface area contributed by atoms with Crippen molar-refractivity contribution in [2.24, 2.45) is 0 Å². The average molecular weight is 532 g/mol. The van der Waals surface area contributed by atoms with Crippen LogP contribution in [0.15, 0.2) is 0 Å². The minimum atomic E-state index is -8.82. The van der Waals surface area contributed by atoms with Gasteiger partial charge >= 0.3 is 60.0 Å². The lowest BCUT2D eigenvalue weighted by atomic mass is 9.94. The smallest absolute Gasteiger partial charge is 0.254 e. The molecule has 0 rings (SSSR count). The fraction of sp³-hybridized carbons (Fsp3) is 0.900. The standard InChI is InChI=1S/C10F20O2/c11-1(31)2(12,13)3(14,15)4(16,17)5(18,19)6(20,21)9(27,28)32-10(29,30)7(22,23)8(24,25)26. The van der Waals surface area contributed by atoms with Gasteiger partial charge in [-0.05, 0) is 0 Å². The van der Waals surface area contributed by atoms with Crippen LogP contribution in [0.3, 0.4) is 0 Å². The van der Waals surface area contributed by atoms with Crippen LogP contribution >= 0.6 is 0 Å². The lowest BCUT2D eigenvalue weighted by Crippen LogP contribution is -2.72. The quantitative estimate of drug-likeness (QED) is 0.267. The number of rotatable bonds is 9. The SMILES string of the molecule is O=C(F)C(F)(F)C(F)(F)C(F)(F)C(F)(F)C(F)(F)C(F)(F)OC(F)(F)C(F)(F)C(F)(F)F. The molecule has 22 heteroatoms. The lowest BCUT2D eigenvalue weighted by Gasteiger charge is -2.41. The fourth-order valence-electron chi connectivity index (χ4n) is 1.35. The highest BCUT2D eigenvalue weighted by Gasteiger charge is 2.93. The van der Waals surface area contributed by atoms with E-state index in [9.17, 15) is 92.6 Å². The average Bonchev–Trinajstić information content (AvgIpc) is 2.51. The Kier molecular flexibility index (Phi) is 6.96. The summed E-state index contributed by atoms with van der Waals surface area (Å²) in [5.41, 5.74) is 0. The summed E-state index contributed by atoms with van der Waals surface area (Å²) < 4.78 is 253. The molecule has 0 aromatic heterocycles. The number of halogens is 20. The summed E-state index contributed by atoms with van der Waals surface area (Å²) in [4.78, 5) is 9.60. The van der Waals surface area contributed by atoms with Gasteiger partial charge in [-0.15, -0.1) is 0 Å². The van der Waals surface area contributed by atoms with Crippen LogP contribution in [0.2, 0.25) is 0 Å². The molecule has 0 radical (unpaired) electrons. The van der Waals surface area contributed by atoms with E-state index < -0.39 is 60.0 Å². The Morgan fingerprint density at radius 3 is 1.00 bits per heavy atom. The molecule has 0 N–H and O–H groups in total. The predicted octanol–water partition coefficient (Wildman–Crippen LogP) is 6.06. The van der Waals surface area contributed by atoms with Gasteiger partial charge in [-0.2, -0.15) is 87.8 Å². The monoisotopic (exact) mass is 532 g/mol. The van der Waals surface area contributed by atoms with Crippen LogP contribution in [-0.4, -0.2) is 60.0 Å². The Labute approximate surface area is 159 Å². The molecule has 0 aromatic rings. The van der Waals surface area contributed by atoms with E-state index in [1.807, 2.05) is 0 Å². The third-order valence-corrected chi connectivity index (χ3v) is 3.17.